The van der Waals surface area contributed by atoms with E-state index in [1.807, 2.05) is 18.2 Å². The van der Waals surface area contributed by atoms with E-state index in [0.717, 1.165) is 79.7 Å². The van der Waals surface area contributed by atoms with Crippen molar-refractivity contribution in [1.82, 2.24) is 19.5 Å². The molecule has 8 aliphatic rings. The first kappa shape index (κ1) is 38.8. The van der Waals surface area contributed by atoms with Gasteiger partial charge in [0.25, 0.3) is 0 Å². The number of fused-ring (bicyclic) bond motifs is 3. The number of hydrogen-bond donors (Lipinski definition) is 0. The Morgan fingerprint density at radius 1 is 0.470 bits per heavy atom. The maximum absolute atomic E-state index is 9.91. The van der Waals surface area contributed by atoms with E-state index < -0.39 is 0 Å². The van der Waals surface area contributed by atoms with Crippen LogP contribution in [0.5, 0.6) is 0 Å². The Morgan fingerprint density at radius 2 is 0.970 bits per heavy atom. The highest BCUT2D eigenvalue weighted by molar-refractivity contribution is 6.10. The first-order valence-corrected chi connectivity index (χ1v) is 25.0. The topological polar surface area (TPSA) is 67.4 Å². The van der Waals surface area contributed by atoms with Crippen LogP contribution in [0.3, 0.4) is 0 Å². The van der Waals surface area contributed by atoms with Crippen molar-refractivity contribution in [2.24, 2.45) is 35.5 Å². The zero-order chi connectivity index (χ0) is 43.7. The first-order valence-electron chi connectivity index (χ1n) is 25.0. The summed E-state index contributed by atoms with van der Waals surface area (Å²) in [6.07, 6.45) is 16.9. The van der Waals surface area contributed by atoms with Crippen LogP contribution in [-0.2, 0) is 10.8 Å². The summed E-state index contributed by atoms with van der Waals surface area (Å²) in [4.78, 5) is 16.0. The van der Waals surface area contributed by atoms with Gasteiger partial charge in [0.05, 0.1) is 22.7 Å². The van der Waals surface area contributed by atoms with Crippen molar-refractivity contribution in [2.45, 2.75) is 94.8 Å². The van der Waals surface area contributed by atoms with Gasteiger partial charge in [-0.05, 0) is 195 Å². The van der Waals surface area contributed by atoms with Crippen LogP contribution in [0.4, 0.5) is 0 Å². The fourth-order valence-electron chi connectivity index (χ4n) is 16.0. The normalized spacial score (nSPS) is 28.1. The molecule has 8 saturated carbocycles. The van der Waals surface area contributed by atoms with Gasteiger partial charge in [0, 0.05) is 33.2 Å². The molecule has 8 bridgehead atoms. The van der Waals surface area contributed by atoms with Crippen LogP contribution in [0.15, 0.2) is 133 Å². The van der Waals surface area contributed by atoms with E-state index in [1.165, 1.54) is 99.3 Å². The summed E-state index contributed by atoms with van der Waals surface area (Å²) in [5, 5.41) is 12.1. The van der Waals surface area contributed by atoms with Crippen molar-refractivity contribution >= 4 is 21.8 Å². The number of para-hydroxylation sites is 1. The lowest BCUT2D eigenvalue weighted by Crippen LogP contribution is -2.48. The zero-order valence-electron chi connectivity index (χ0n) is 37.9. The second kappa shape index (κ2) is 14.6. The molecule has 0 amide bonds. The molecular formula is C61H55N5. The molecule has 6 aromatic carbocycles. The van der Waals surface area contributed by atoms with Crippen molar-refractivity contribution in [2.75, 3.05) is 0 Å². The van der Waals surface area contributed by atoms with Crippen LogP contribution in [0, 0.1) is 53.8 Å². The van der Waals surface area contributed by atoms with Crippen LogP contribution in [0.1, 0.15) is 99.3 Å². The summed E-state index contributed by atoms with van der Waals surface area (Å²) >= 11 is 0. The van der Waals surface area contributed by atoms with Gasteiger partial charge in [-0.2, -0.15) is 5.26 Å². The average molecular weight is 858 g/mol. The molecule has 8 aliphatic carbocycles. The predicted molar refractivity (Wildman–Crippen MR) is 265 cm³/mol. The number of aryl methyl sites for hydroxylation is 1. The summed E-state index contributed by atoms with van der Waals surface area (Å²) in [7, 11) is 0. The van der Waals surface area contributed by atoms with Gasteiger partial charge in [0.2, 0.25) is 0 Å². The molecule has 8 fully saturated rings. The van der Waals surface area contributed by atoms with E-state index in [-0.39, 0.29) is 0 Å². The van der Waals surface area contributed by atoms with E-state index in [9.17, 15) is 5.26 Å². The molecule has 8 aromatic rings. The number of nitriles is 1. The minimum Gasteiger partial charge on any atom is -0.309 e. The molecule has 5 nitrogen and oxygen atoms in total. The van der Waals surface area contributed by atoms with Crippen molar-refractivity contribution in [3.05, 3.63) is 156 Å². The lowest BCUT2D eigenvalue weighted by molar-refractivity contribution is -0.00550. The van der Waals surface area contributed by atoms with Crippen molar-refractivity contribution in [3.8, 4) is 57.0 Å². The van der Waals surface area contributed by atoms with Gasteiger partial charge < -0.3 is 4.57 Å². The van der Waals surface area contributed by atoms with Gasteiger partial charge >= 0.3 is 0 Å². The van der Waals surface area contributed by atoms with Gasteiger partial charge in [-0.3, -0.25) is 0 Å². The average Bonchev–Trinajstić information content (AvgIpc) is 3.66. The first-order chi connectivity index (χ1) is 32.3. The Morgan fingerprint density at radius 3 is 1.58 bits per heavy atom. The predicted octanol–water partition coefficient (Wildman–Crippen LogP) is 14.8. The number of hydrogen-bond acceptors (Lipinski definition) is 4. The van der Waals surface area contributed by atoms with Crippen molar-refractivity contribution < 1.29 is 0 Å². The Labute approximate surface area is 388 Å². The summed E-state index contributed by atoms with van der Waals surface area (Å²) in [6, 6.07) is 50.9. The summed E-state index contributed by atoms with van der Waals surface area (Å²) < 4.78 is 2.27. The van der Waals surface area contributed by atoms with E-state index in [4.69, 9.17) is 15.0 Å². The maximum Gasteiger partial charge on any atom is 0.164 e. The van der Waals surface area contributed by atoms with Gasteiger partial charge in [-0.25, -0.2) is 15.0 Å². The van der Waals surface area contributed by atoms with Crippen molar-refractivity contribution in [3.63, 3.8) is 0 Å². The van der Waals surface area contributed by atoms with E-state index in [1.54, 1.807) is 5.56 Å². The Hall–Kier alpha value is -6.38. The smallest absolute Gasteiger partial charge is 0.164 e. The third-order valence-corrected chi connectivity index (χ3v) is 17.9. The lowest BCUT2D eigenvalue weighted by atomic mass is 9.47. The molecule has 0 atom stereocenters. The van der Waals surface area contributed by atoms with Crippen LogP contribution in [0.25, 0.3) is 72.8 Å². The molecule has 66 heavy (non-hydrogen) atoms. The van der Waals surface area contributed by atoms with E-state index in [0.29, 0.717) is 33.9 Å². The Balaban J connectivity index is 0.881. The third kappa shape index (κ3) is 6.20. The lowest BCUT2D eigenvalue weighted by Gasteiger charge is -2.57. The van der Waals surface area contributed by atoms with Gasteiger partial charge in [0.15, 0.2) is 17.5 Å². The Kier molecular flexibility index (Phi) is 8.57. The minimum absolute atomic E-state index is 0.329. The van der Waals surface area contributed by atoms with E-state index in [2.05, 4.69) is 133 Å². The molecule has 324 valence electrons. The molecule has 0 radical (unpaired) electrons. The van der Waals surface area contributed by atoms with Crippen LogP contribution in [-0.4, -0.2) is 19.5 Å². The third-order valence-electron chi connectivity index (χ3n) is 17.9. The largest absolute Gasteiger partial charge is 0.309 e. The highest BCUT2D eigenvalue weighted by Crippen LogP contribution is 2.62. The Bertz CT molecular complexity index is 3220. The highest BCUT2D eigenvalue weighted by Gasteiger charge is 2.53. The fourth-order valence-corrected chi connectivity index (χ4v) is 16.0. The molecule has 16 rings (SSSR count). The summed E-state index contributed by atoms with van der Waals surface area (Å²) in [6.45, 7) is 2.36. The zero-order valence-corrected chi connectivity index (χ0v) is 37.9. The van der Waals surface area contributed by atoms with E-state index >= 15 is 0 Å². The number of rotatable bonds is 7. The molecule has 0 aliphatic heterocycles. The molecule has 0 saturated heterocycles. The number of aromatic nitrogens is 4. The number of benzene rings is 6. The molecule has 0 unspecified atom stereocenters. The highest BCUT2D eigenvalue weighted by atomic mass is 15.0. The van der Waals surface area contributed by atoms with Crippen LogP contribution >= 0.6 is 0 Å². The standard InChI is InChI=1S/C61H55N5/c1-37-20-47(14-19-54(37)61-33-42-24-43(34-61)26-44(25-42)35-61)46-6-5-7-48(28-46)58-63-57(45-11-15-50(16-12-45)60-30-39-21-40(31-60)23-41(22-39)32-60)64-59(65-58)49-13-18-53-52-17-10-38(36-62)27-55(52)66(56(53)29-49)51-8-3-2-4-9-51/h2-20,27-29,39-44H,21-26,30-35H2,1H3/t39-,40-,41-,42-,43+,44-,60?,61?. The maximum atomic E-state index is 9.91. The van der Waals surface area contributed by atoms with Gasteiger partial charge in [-0.15, -0.1) is 0 Å². The second-order valence-corrected chi connectivity index (χ2v) is 22.1. The van der Waals surface area contributed by atoms with Crippen LogP contribution < -0.4 is 0 Å². The summed E-state index contributed by atoms with van der Waals surface area (Å²) in [5.41, 5.74) is 14.3. The molecule has 0 N–H and O–H groups in total. The van der Waals surface area contributed by atoms with Crippen molar-refractivity contribution in [1.29, 1.82) is 5.26 Å². The molecule has 0 spiro atoms. The minimum atomic E-state index is 0.329. The molecule has 2 aromatic heterocycles. The SMILES string of the molecule is Cc1cc(-c2cccc(-c3nc(-c4ccc(C56C[C@H]7C[C@H](C5)C[C@@H](C6)C7)cc4)nc(-c4ccc5c6ccc(C#N)cc6n(-c6ccccc6)c5c4)n3)c2)ccc1C12C[C@H]3C[C@@H](C1)C[C@@H](C2)C3. The monoisotopic (exact) mass is 857 g/mol. The summed E-state index contributed by atoms with van der Waals surface area (Å²) in [5.74, 6) is 7.48. The number of nitrogens with zero attached hydrogens (tertiary/aromatic N) is 5. The van der Waals surface area contributed by atoms with Crippen LogP contribution in [0.2, 0.25) is 0 Å². The fraction of sp³-hybridized carbons (Fsp3) is 0.344. The van der Waals surface area contributed by atoms with Gasteiger partial charge in [-0.1, -0.05) is 97.1 Å². The second-order valence-electron chi connectivity index (χ2n) is 22.1. The molecule has 5 heteroatoms. The molecular weight excluding hydrogens is 803 g/mol. The van der Waals surface area contributed by atoms with Gasteiger partial charge in [0.1, 0.15) is 0 Å². The molecule has 2 heterocycles. The quantitative estimate of drug-likeness (QED) is 0.160.